The first kappa shape index (κ1) is 34.6. The summed E-state index contributed by atoms with van der Waals surface area (Å²) in [5, 5.41) is 0. The Morgan fingerprint density at radius 3 is 1.44 bits per heavy atom. The Hall–Kier alpha value is -1.58. The molecule has 0 aliphatic carbocycles. The minimum atomic E-state index is 0.167. The number of hydrogen-bond acceptors (Lipinski definition) is 2. The van der Waals surface area contributed by atoms with E-state index in [1.807, 2.05) is 18.7 Å². The van der Waals surface area contributed by atoms with E-state index >= 15 is 0 Å². The van der Waals surface area contributed by atoms with Gasteiger partial charge in [0, 0.05) is 39.0 Å². The molecule has 0 saturated heterocycles. The van der Waals surface area contributed by atoms with Gasteiger partial charge in [-0.3, -0.25) is 9.59 Å². The zero-order chi connectivity index (χ0) is 25.9. The molecule has 0 aromatic heterocycles. The zero-order valence-corrected chi connectivity index (χ0v) is 23.6. The summed E-state index contributed by atoms with van der Waals surface area (Å²) in [6.45, 7) is 17.1. The smallest absolute Gasteiger partial charge is 0.226 e. The first-order valence-corrected chi connectivity index (χ1v) is 14.3. The van der Waals surface area contributed by atoms with Crippen LogP contribution in [0.2, 0.25) is 0 Å². The summed E-state index contributed by atoms with van der Waals surface area (Å²) in [7, 11) is 0. The normalized spacial score (nSPS) is 10.6. The number of carbonyl (C=O) groups is 2. The number of rotatable bonds is 21. The van der Waals surface area contributed by atoms with Crippen molar-refractivity contribution >= 4 is 11.8 Å². The third-order valence-electron chi connectivity index (χ3n) is 6.20. The van der Waals surface area contributed by atoms with Gasteiger partial charge in [0.15, 0.2) is 0 Å². The molecule has 0 saturated carbocycles. The Labute approximate surface area is 213 Å². The monoisotopic (exact) mass is 478 g/mol. The van der Waals surface area contributed by atoms with Gasteiger partial charge in [-0.15, -0.1) is 6.58 Å². The van der Waals surface area contributed by atoms with Crippen LogP contribution in [0.25, 0.3) is 0 Å². The minimum absolute atomic E-state index is 0.167. The number of allylic oxidation sites excluding steroid dienone is 2. The van der Waals surface area contributed by atoms with Crippen LogP contribution in [0.3, 0.4) is 0 Å². The topological polar surface area (TPSA) is 40.6 Å². The number of unbranched alkanes of at least 4 members (excludes halogenated alkanes) is 11. The molecule has 0 fully saturated rings. The fraction of sp³-hybridized carbons (Fsp3) is 0.800. The molecule has 0 radical (unpaired) electrons. The van der Waals surface area contributed by atoms with E-state index in [1.54, 1.807) is 11.0 Å². The first-order chi connectivity index (χ1) is 16.5. The lowest BCUT2D eigenvalue weighted by atomic mass is 10.1. The van der Waals surface area contributed by atoms with Gasteiger partial charge in [-0.2, -0.15) is 0 Å². The van der Waals surface area contributed by atoms with Crippen LogP contribution in [-0.2, 0) is 9.59 Å². The van der Waals surface area contributed by atoms with Crippen LogP contribution in [-0.4, -0.2) is 47.8 Å². The van der Waals surface area contributed by atoms with E-state index < -0.39 is 0 Å². The van der Waals surface area contributed by atoms with Gasteiger partial charge in [0.25, 0.3) is 0 Å². The summed E-state index contributed by atoms with van der Waals surface area (Å²) in [6.07, 6.45) is 24.6. The Morgan fingerprint density at radius 1 is 0.588 bits per heavy atom. The Kier molecular flexibility index (Phi) is 28.1. The van der Waals surface area contributed by atoms with Crippen molar-refractivity contribution in [2.75, 3.05) is 26.2 Å². The largest absolute Gasteiger partial charge is 0.343 e. The maximum atomic E-state index is 11.9. The van der Waals surface area contributed by atoms with Crippen molar-refractivity contribution in [1.82, 2.24) is 9.80 Å². The fourth-order valence-electron chi connectivity index (χ4n) is 3.91. The predicted octanol–water partition coefficient (Wildman–Crippen LogP) is 8.32. The van der Waals surface area contributed by atoms with E-state index in [1.165, 1.54) is 77.0 Å². The van der Waals surface area contributed by atoms with Gasteiger partial charge in [0.05, 0.1) is 0 Å². The van der Waals surface area contributed by atoms with Crippen molar-refractivity contribution in [1.29, 1.82) is 0 Å². The molecule has 0 spiro atoms. The maximum absolute atomic E-state index is 11.9. The molecule has 2 amide bonds. The standard InChI is InChI=1S/C22H43NO.C8H15NO/c1-4-7-8-9-10-11-12-13-14-15-16-17-18-19-20-21-22(24)23(5-2)6-3;1-4-7-8(10)9(5-2)6-3/h13-14H,4-12,15-21H2,1-3H3;4H,1,5-7H2,2-3H3. The summed E-state index contributed by atoms with van der Waals surface area (Å²) in [4.78, 5) is 26.6. The lowest BCUT2D eigenvalue weighted by molar-refractivity contribution is -0.131. The van der Waals surface area contributed by atoms with Crippen LogP contribution >= 0.6 is 0 Å². The van der Waals surface area contributed by atoms with E-state index in [0.29, 0.717) is 12.3 Å². The summed E-state index contributed by atoms with van der Waals surface area (Å²) in [5.74, 6) is 0.498. The highest BCUT2D eigenvalue weighted by Crippen LogP contribution is 2.10. The molecular formula is C30H58N2O2. The molecule has 0 aromatic carbocycles. The quantitative estimate of drug-likeness (QED) is 0.123. The van der Waals surface area contributed by atoms with Crippen molar-refractivity contribution < 1.29 is 9.59 Å². The molecule has 0 N–H and O–H groups in total. The third-order valence-corrected chi connectivity index (χ3v) is 6.20. The highest BCUT2D eigenvalue weighted by atomic mass is 16.2. The molecule has 0 bridgehead atoms. The molecule has 0 aliphatic rings. The molecule has 4 nitrogen and oxygen atoms in total. The van der Waals surface area contributed by atoms with Crippen molar-refractivity contribution in [3.05, 3.63) is 24.8 Å². The average molecular weight is 479 g/mol. The van der Waals surface area contributed by atoms with Gasteiger partial charge in [-0.1, -0.05) is 76.5 Å². The molecule has 0 aliphatic heterocycles. The van der Waals surface area contributed by atoms with Crippen LogP contribution in [0.5, 0.6) is 0 Å². The fourth-order valence-corrected chi connectivity index (χ4v) is 3.91. The number of nitrogens with zero attached hydrogens (tertiary/aromatic N) is 2. The van der Waals surface area contributed by atoms with E-state index in [0.717, 1.165) is 39.0 Å². The summed E-state index contributed by atoms with van der Waals surface area (Å²) >= 11 is 0. The second kappa shape index (κ2) is 27.7. The summed E-state index contributed by atoms with van der Waals surface area (Å²) < 4.78 is 0. The van der Waals surface area contributed by atoms with Crippen LogP contribution < -0.4 is 0 Å². The number of carbonyl (C=O) groups excluding carboxylic acids is 2. The molecule has 0 unspecified atom stereocenters. The maximum Gasteiger partial charge on any atom is 0.226 e. The van der Waals surface area contributed by atoms with Crippen molar-refractivity contribution in [2.45, 2.75) is 131 Å². The first-order valence-electron chi connectivity index (χ1n) is 14.3. The second-order valence-electron chi connectivity index (χ2n) is 8.96. The summed E-state index contributed by atoms with van der Waals surface area (Å²) in [6, 6.07) is 0. The van der Waals surface area contributed by atoms with E-state index in [2.05, 4.69) is 39.5 Å². The number of amides is 2. The molecular weight excluding hydrogens is 420 g/mol. The molecule has 0 heterocycles. The highest BCUT2D eigenvalue weighted by Gasteiger charge is 2.08. The second-order valence-corrected chi connectivity index (χ2v) is 8.96. The predicted molar refractivity (Wildman–Crippen MR) is 150 cm³/mol. The number of hydrogen-bond donors (Lipinski definition) is 0. The van der Waals surface area contributed by atoms with E-state index in [4.69, 9.17) is 0 Å². The lowest BCUT2D eigenvalue weighted by Gasteiger charge is -2.18. The van der Waals surface area contributed by atoms with Crippen molar-refractivity contribution in [3.8, 4) is 0 Å². The highest BCUT2D eigenvalue weighted by molar-refractivity contribution is 5.77. The Morgan fingerprint density at radius 2 is 1.00 bits per heavy atom. The Balaban J connectivity index is 0. The van der Waals surface area contributed by atoms with Crippen molar-refractivity contribution in [2.24, 2.45) is 0 Å². The SMILES string of the molecule is C=CCC(=O)N(CC)CC.CCCCCCCCC=CCCCCCCCC(=O)N(CC)CC. The molecule has 4 heteroatoms. The minimum Gasteiger partial charge on any atom is -0.343 e. The van der Waals surface area contributed by atoms with Gasteiger partial charge in [0.1, 0.15) is 0 Å². The zero-order valence-electron chi connectivity index (χ0n) is 23.6. The molecule has 34 heavy (non-hydrogen) atoms. The lowest BCUT2D eigenvalue weighted by Crippen LogP contribution is -2.30. The average Bonchev–Trinajstić information content (AvgIpc) is 2.83. The third kappa shape index (κ3) is 22.2. The molecule has 0 rings (SSSR count). The van der Waals surface area contributed by atoms with Gasteiger partial charge in [0.2, 0.25) is 11.8 Å². The van der Waals surface area contributed by atoms with Crippen LogP contribution in [0.15, 0.2) is 24.8 Å². The van der Waals surface area contributed by atoms with Crippen molar-refractivity contribution in [3.63, 3.8) is 0 Å². The van der Waals surface area contributed by atoms with Crippen LogP contribution in [0.1, 0.15) is 131 Å². The van der Waals surface area contributed by atoms with Crippen LogP contribution in [0.4, 0.5) is 0 Å². The van der Waals surface area contributed by atoms with E-state index in [9.17, 15) is 9.59 Å². The van der Waals surface area contributed by atoms with Gasteiger partial charge in [-0.05, 0) is 59.8 Å². The summed E-state index contributed by atoms with van der Waals surface area (Å²) in [5.41, 5.74) is 0. The molecule has 0 atom stereocenters. The van der Waals surface area contributed by atoms with E-state index in [-0.39, 0.29) is 5.91 Å². The van der Waals surface area contributed by atoms with Crippen LogP contribution in [0, 0.1) is 0 Å². The van der Waals surface area contributed by atoms with Gasteiger partial charge >= 0.3 is 0 Å². The molecule has 0 aromatic rings. The Bertz CT molecular complexity index is 494. The van der Waals surface area contributed by atoms with Gasteiger partial charge in [-0.25, -0.2) is 0 Å². The van der Waals surface area contributed by atoms with Gasteiger partial charge < -0.3 is 9.80 Å². The molecule has 200 valence electrons.